The van der Waals surface area contributed by atoms with Crippen molar-refractivity contribution < 1.29 is 4.74 Å². The Morgan fingerprint density at radius 3 is 2.87 bits per heavy atom. The van der Waals surface area contributed by atoms with Gasteiger partial charge in [0.05, 0.1) is 12.2 Å². The largest absolute Gasteiger partial charge is 0.370 e. The summed E-state index contributed by atoms with van der Waals surface area (Å²) in [6.07, 6.45) is 2.93. The minimum Gasteiger partial charge on any atom is -0.370 e. The van der Waals surface area contributed by atoms with Crippen molar-refractivity contribution in [1.29, 1.82) is 0 Å². The highest BCUT2D eigenvalue weighted by atomic mass is 79.9. The first-order chi connectivity index (χ1) is 7.25. The van der Waals surface area contributed by atoms with E-state index in [1.807, 2.05) is 0 Å². The lowest BCUT2D eigenvalue weighted by molar-refractivity contribution is -0.0170. The molecule has 1 unspecified atom stereocenters. The first kappa shape index (κ1) is 11.6. The van der Waals surface area contributed by atoms with E-state index in [1.54, 1.807) is 11.3 Å². The Morgan fingerprint density at radius 2 is 2.27 bits per heavy atom. The van der Waals surface area contributed by atoms with Crippen molar-refractivity contribution in [2.75, 3.05) is 13.1 Å². The van der Waals surface area contributed by atoms with Crippen LogP contribution >= 0.6 is 27.3 Å². The van der Waals surface area contributed by atoms with E-state index in [-0.39, 0.29) is 6.10 Å². The molecular formula is C11H16BrNOS. The average Bonchev–Trinajstić information content (AvgIpc) is 2.66. The van der Waals surface area contributed by atoms with Crippen molar-refractivity contribution in [2.45, 2.75) is 32.0 Å². The summed E-state index contributed by atoms with van der Waals surface area (Å²) in [5.41, 5.74) is 0. The van der Waals surface area contributed by atoms with Crippen LogP contribution in [0.5, 0.6) is 0 Å². The molecule has 0 bridgehead atoms. The number of hydrogen-bond acceptors (Lipinski definition) is 3. The lowest BCUT2D eigenvalue weighted by Gasteiger charge is -2.25. The van der Waals surface area contributed by atoms with Crippen molar-refractivity contribution >= 4 is 27.3 Å². The lowest BCUT2D eigenvalue weighted by atomic mass is 10.1. The quantitative estimate of drug-likeness (QED) is 0.922. The van der Waals surface area contributed by atoms with Gasteiger partial charge in [0.2, 0.25) is 0 Å². The van der Waals surface area contributed by atoms with E-state index in [4.69, 9.17) is 4.74 Å². The van der Waals surface area contributed by atoms with Gasteiger partial charge in [0.15, 0.2) is 0 Å². The summed E-state index contributed by atoms with van der Waals surface area (Å²) in [5, 5.41) is 5.46. The number of rotatable bonds is 3. The molecule has 1 aliphatic rings. The summed E-state index contributed by atoms with van der Waals surface area (Å²) in [6.45, 7) is 4.32. The zero-order valence-electron chi connectivity index (χ0n) is 8.83. The maximum atomic E-state index is 6.04. The Hall–Kier alpha value is 0.1000. The molecule has 0 saturated carbocycles. The van der Waals surface area contributed by atoms with E-state index in [2.05, 4.69) is 39.6 Å². The monoisotopic (exact) mass is 289 g/mol. The van der Waals surface area contributed by atoms with Crippen LogP contribution in [-0.4, -0.2) is 19.2 Å². The summed E-state index contributed by atoms with van der Waals surface area (Å²) in [7, 11) is 0. The highest BCUT2D eigenvalue weighted by Gasteiger charge is 2.18. The van der Waals surface area contributed by atoms with Gasteiger partial charge in [-0.15, -0.1) is 11.3 Å². The van der Waals surface area contributed by atoms with Crippen LogP contribution in [0.15, 0.2) is 15.9 Å². The molecule has 1 fully saturated rings. The molecular weight excluding hydrogens is 274 g/mol. The van der Waals surface area contributed by atoms with Crippen LogP contribution in [0.3, 0.4) is 0 Å². The number of piperidine rings is 1. The van der Waals surface area contributed by atoms with Crippen LogP contribution in [0, 0.1) is 0 Å². The van der Waals surface area contributed by atoms with Gasteiger partial charge >= 0.3 is 0 Å². The van der Waals surface area contributed by atoms with Gasteiger partial charge in [0.25, 0.3) is 0 Å². The minimum atomic E-state index is 0.226. The topological polar surface area (TPSA) is 21.3 Å². The van der Waals surface area contributed by atoms with Crippen molar-refractivity contribution in [3.05, 3.63) is 20.8 Å². The summed E-state index contributed by atoms with van der Waals surface area (Å²) >= 11 is 5.23. The molecule has 0 aliphatic carbocycles. The van der Waals surface area contributed by atoms with Crippen LogP contribution in [0.25, 0.3) is 0 Å². The second-order valence-electron chi connectivity index (χ2n) is 3.89. The zero-order valence-corrected chi connectivity index (χ0v) is 11.2. The molecule has 2 nitrogen and oxygen atoms in total. The molecule has 0 spiro atoms. The number of ether oxygens (including phenoxy) is 1. The second kappa shape index (κ2) is 5.43. The third kappa shape index (κ3) is 3.28. The first-order valence-corrected chi connectivity index (χ1v) is 7.03. The van der Waals surface area contributed by atoms with Gasteiger partial charge in [0, 0.05) is 14.7 Å². The molecule has 1 aromatic rings. The summed E-state index contributed by atoms with van der Waals surface area (Å²) in [4.78, 5) is 1.31. The van der Waals surface area contributed by atoms with E-state index in [0.717, 1.165) is 30.4 Å². The fourth-order valence-electron chi connectivity index (χ4n) is 1.83. The minimum absolute atomic E-state index is 0.226. The number of halogens is 1. The Kier molecular flexibility index (Phi) is 4.20. The first-order valence-electron chi connectivity index (χ1n) is 5.36. The van der Waals surface area contributed by atoms with Crippen molar-refractivity contribution in [3.63, 3.8) is 0 Å². The van der Waals surface area contributed by atoms with E-state index in [0.29, 0.717) is 6.10 Å². The fraction of sp³-hybridized carbons (Fsp3) is 0.636. The van der Waals surface area contributed by atoms with Crippen LogP contribution in [0.2, 0.25) is 0 Å². The lowest BCUT2D eigenvalue weighted by Crippen LogP contribution is -2.32. The number of nitrogens with one attached hydrogen (secondary N) is 1. The molecule has 2 heterocycles. The van der Waals surface area contributed by atoms with Crippen LogP contribution in [-0.2, 0) is 4.74 Å². The molecule has 15 heavy (non-hydrogen) atoms. The molecule has 84 valence electrons. The summed E-state index contributed by atoms with van der Waals surface area (Å²) in [6, 6.07) is 2.15. The standard InChI is InChI=1S/C11H16BrNOS/c1-8(11-6-9(12)7-15-11)14-10-2-4-13-5-3-10/h6-8,10,13H,2-5H2,1H3. The Morgan fingerprint density at radius 1 is 1.53 bits per heavy atom. The highest BCUT2D eigenvalue weighted by Crippen LogP contribution is 2.29. The number of hydrogen-bond donors (Lipinski definition) is 1. The number of thiophene rings is 1. The van der Waals surface area contributed by atoms with Gasteiger partial charge in [-0.2, -0.15) is 0 Å². The molecule has 2 rings (SSSR count). The maximum Gasteiger partial charge on any atom is 0.0892 e. The van der Waals surface area contributed by atoms with Crippen LogP contribution in [0.1, 0.15) is 30.7 Å². The Balaban J connectivity index is 1.88. The zero-order chi connectivity index (χ0) is 10.7. The molecule has 4 heteroatoms. The summed E-state index contributed by atoms with van der Waals surface area (Å²) in [5.74, 6) is 0. The van der Waals surface area contributed by atoms with Gasteiger partial charge in [-0.1, -0.05) is 0 Å². The smallest absolute Gasteiger partial charge is 0.0892 e. The van der Waals surface area contributed by atoms with Crippen LogP contribution in [0.4, 0.5) is 0 Å². The van der Waals surface area contributed by atoms with Gasteiger partial charge in [-0.25, -0.2) is 0 Å². The third-order valence-corrected chi connectivity index (χ3v) is 4.53. The van der Waals surface area contributed by atoms with E-state index >= 15 is 0 Å². The molecule has 1 N–H and O–H groups in total. The van der Waals surface area contributed by atoms with E-state index in [1.165, 1.54) is 4.88 Å². The normalized spacial score (nSPS) is 20.4. The predicted octanol–water partition coefficient (Wildman–Crippen LogP) is 3.34. The van der Waals surface area contributed by atoms with E-state index in [9.17, 15) is 0 Å². The molecule has 0 amide bonds. The van der Waals surface area contributed by atoms with Crippen molar-refractivity contribution in [2.24, 2.45) is 0 Å². The average molecular weight is 290 g/mol. The van der Waals surface area contributed by atoms with Crippen LogP contribution < -0.4 is 5.32 Å². The molecule has 1 atom stereocenters. The molecule has 0 radical (unpaired) electrons. The van der Waals surface area contributed by atoms with Crippen molar-refractivity contribution in [3.8, 4) is 0 Å². The van der Waals surface area contributed by atoms with Crippen molar-refractivity contribution in [1.82, 2.24) is 5.32 Å². The molecule has 1 saturated heterocycles. The summed E-state index contributed by atoms with van der Waals surface area (Å²) < 4.78 is 7.20. The highest BCUT2D eigenvalue weighted by molar-refractivity contribution is 9.10. The third-order valence-electron chi connectivity index (χ3n) is 2.67. The Labute approximate surface area is 103 Å². The van der Waals surface area contributed by atoms with Gasteiger partial charge in [-0.05, 0) is 54.9 Å². The second-order valence-corrected chi connectivity index (χ2v) is 5.75. The molecule has 0 aromatic carbocycles. The van der Waals surface area contributed by atoms with E-state index < -0.39 is 0 Å². The molecule has 1 aliphatic heterocycles. The van der Waals surface area contributed by atoms with Gasteiger partial charge in [-0.3, -0.25) is 0 Å². The molecule has 1 aromatic heterocycles. The maximum absolute atomic E-state index is 6.04. The fourth-order valence-corrected chi connectivity index (χ4v) is 3.27. The van der Waals surface area contributed by atoms with Gasteiger partial charge in [0.1, 0.15) is 0 Å². The Bertz CT molecular complexity index is 309. The predicted molar refractivity (Wildman–Crippen MR) is 67.4 cm³/mol. The SMILES string of the molecule is CC(OC1CCNCC1)c1cc(Br)cs1. The van der Waals surface area contributed by atoms with Gasteiger partial charge < -0.3 is 10.1 Å².